The average Bonchev–Trinajstić information content (AvgIpc) is 3.17. The highest BCUT2D eigenvalue weighted by Gasteiger charge is 2.31. The largest absolute Gasteiger partial charge is 0.344 e. The number of carbonyl (C=O) groups is 2. The van der Waals surface area contributed by atoms with Gasteiger partial charge in [-0.1, -0.05) is 13.8 Å². The number of hydrogen-bond donors (Lipinski definition) is 2. The number of carbonyl (C=O) groups excluding carboxylic acids is 2. The van der Waals surface area contributed by atoms with Crippen molar-refractivity contribution in [3.63, 3.8) is 0 Å². The minimum atomic E-state index is -0.983. The van der Waals surface area contributed by atoms with E-state index in [1.165, 1.54) is 19.1 Å². The number of hydrogen-bond acceptors (Lipinski definition) is 3. The number of rotatable bonds is 7. The van der Waals surface area contributed by atoms with Crippen LogP contribution in [0.3, 0.4) is 0 Å². The van der Waals surface area contributed by atoms with Crippen LogP contribution in [0.15, 0.2) is 42.5 Å². The zero-order valence-electron chi connectivity index (χ0n) is 21.5. The van der Waals surface area contributed by atoms with Crippen LogP contribution in [0.2, 0.25) is 0 Å². The van der Waals surface area contributed by atoms with Gasteiger partial charge in [-0.25, -0.2) is 22.2 Å². The SMILES string of the molecule is C[C@H](NC(=O)Cc1cc(F)cc(F)c1)C(=O)Nc1cc(C(C)(C)c2cc(F)cc(F)c2)nn1C(C)(C)C. The number of anilines is 1. The van der Waals surface area contributed by atoms with Gasteiger partial charge >= 0.3 is 0 Å². The summed E-state index contributed by atoms with van der Waals surface area (Å²) in [5.74, 6) is -3.84. The maximum atomic E-state index is 13.9. The highest BCUT2D eigenvalue weighted by molar-refractivity contribution is 5.96. The van der Waals surface area contributed by atoms with Gasteiger partial charge in [0.05, 0.1) is 17.7 Å². The molecule has 1 heterocycles. The van der Waals surface area contributed by atoms with Gasteiger partial charge in [-0.05, 0) is 63.1 Å². The van der Waals surface area contributed by atoms with Gasteiger partial charge in [-0.2, -0.15) is 5.10 Å². The van der Waals surface area contributed by atoms with E-state index in [2.05, 4.69) is 15.7 Å². The molecular formula is C27H30F4N4O2. The zero-order chi connectivity index (χ0) is 27.7. The van der Waals surface area contributed by atoms with E-state index in [-0.39, 0.29) is 12.0 Å². The van der Waals surface area contributed by atoms with E-state index in [1.54, 1.807) is 24.6 Å². The number of halogens is 4. The first-order chi connectivity index (χ1) is 17.1. The summed E-state index contributed by atoms with van der Waals surface area (Å²) < 4.78 is 56.2. The van der Waals surface area contributed by atoms with Crippen molar-refractivity contribution >= 4 is 17.6 Å². The van der Waals surface area contributed by atoms with E-state index in [1.807, 2.05) is 20.8 Å². The Morgan fingerprint density at radius 3 is 1.89 bits per heavy atom. The maximum Gasteiger partial charge on any atom is 0.247 e. The zero-order valence-corrected chi connectivity index (χ0v) is 21.5. The van der Waals surface area contributed by atoms with Crippen molar-refractivity contribution in [1.29, 1.82) is 0 Å². The number of aromatic nitrogens is 2. The van der Waals surface area contributed by atoms with Gasteiger partial charge in [0.25, 0.3) is 0 Å². The Morgan fingerprint density at radius 2 is 1.38 bits per heavy atom. The quantitative estimate of drug-likeness (QED) is 0.422. The fourth-order valence-electron chi connectivity index (χ4n) is 3.84. The molecule has 0 unspecified atom stereocenters. The molecule has 0 aliphatic rings. The van der Waals surface area contributed by atoms with Gasteiger partial charge in [-0.3, -0.25) is 9.59 Å². The third kappa shape index (κ3) is 6.75. The van der Waals surface area contributed by atoms with Gasteiger partial charge in [0.15, 0.2) is 0 Å². The summed E-state index contributed by atoms with van der Waals surface area (Å²) >= 11 is 0. The molecule has 0 saturated carbocycles. The third-order valence-corrected chi connectivity index (χ3v) is 5.88. The molecule has 2 amide bonds. The predicted octanol–water partition coefficient (Wildman–Crippen LogP) is 5.21. The summed E-state index contributed by atoms with van der Waals surface area (Å²) in [7, 11) is 0. The van der Waals surface area contributed by atoms with Crippen LogP contribution < -0.4 is 10.6 Å². The summed E-state index contributed by atoms with van der Waals surface area (Å²) in [5.41, 5.74) is -0.505. The second kappa shape index (κ2) is 10.4. The van der Waals surface area contributed by atoms with Gasteiger partial charge in [0, 0.05) is 23.6 Å². The number of nitrogens with zero attached hydrogens (tertiary/aromatic N) is 2. The molecule has 3 aromatic rings. The first-order valence-electron chi connectivity index (χ1n) is 11.7. The van der Waals surface area contributed by atoms with Crippen LogP contribution in [0.25, 0.3) is 0 Å². The lowest BCUT2D eigenvalue weighted by atomic mass is 9.81. The van der Waals surface area contributed by atoms with E-state index in [0.717, 1.165) is 18.2 Å². The van der Waals surface area contributed by atoms with Crippen molar-refractivity contribution in [2.75, 3.05) is 5.32 Å². The van der Waals surface area contributed by atoms with Crippen LogP contribution in [0.5, 0.6) is 0 Å². The molecule has 0 bridgehead atoms. The Balaban J connectivity index is 1.81. The summed E-state index contributed by atoms with van der Waals surface area (Å²) in [6, 6.07) is 6.69. The van der Waals surface area contributed by atoms with E-state index < -0.39 is 52.1 Å². The Kier molecular flexibility index (Phi) is 7.80. The standard InChI is InChI=1S/C27H30F4N4O2/c1-15(32-24(36)9-16-7-18(28)12-19(29)8-16)25(37)33-23-14-22(34-35(23)26(2,3)4)27(5,6)17-10-20(30)13-21(31)11-17/h7-8,10-15H,9H2,1-6H3,(H,32,36)(H,33,37)/t15-/m0/s1. The van der Waals surface area contributed by atoms with Crippen LogP contribution in [0, 0.1) is 23.3 Å². The highest BCUT2D eigenvalue weighted by Crippen LogP contribution is 2.34. The molecule has 1 atom stereocenters. The van der Waals surface area contributed by atoms with Crippen molar-refractivity contribution in [3.8, 4) is 0 Å². The number of benzene rings is 2. The van der Waals surface area contributed by atoms with Crippen molar-refractivity contribution in [2.45, 2.75) is 65.0 Å². The molecule has 0 aliphatic carbocycles. The number of nitrogens with one attached hydrogen (secondary N) is 2. The lowest BCUT2D eigenvalue weighted by Gasteiger charge is -2.25. The second-order valence-electron chi connectivity index (χ2n) is 10.5. The van der Waals surface area contributed by atoms with E-state index in [0.29, 0.717) is 23.1 Å². The number of amides is 2. The second-order valence-corrected chi connectivity index (χ2v) is 10.5. The highest BCUT2D eigenvalue weighted by atomic mass is 19.1. The Morgan fingerprint density at radius 1 is 0.865 bits per heavy atom. The molecule has 0 fully saturated rings. The topological polar surface area (TPSA) is 76.0 Å². The van der Waals surface area contributed by atoms with Gasteiger partial charge in [0.2, 0.25) is 11.8 Å². The fourth-order valence-corrected chi connectivity index (χ4v) is 3.84. The molecule has 3 rings (SSSR count). The van der Waals surface area contributed by atoms with E-state index >= 15 is 0 Å². The lowest BCUT2D eigenvalue weighted by molar-refractivity contribution is -0.125. The minimum Gasteiger partial charge on any atom is -0.344 e. The van der Waals surface area contributed by atoms with Crippen LogP contribution in [0.1, 0.15) is 58.4 Å². The summed E-state index contributed by atoms with van der Waals surface area (Å²) in [6.07, 6.45) is -0.311. The molecule has 10 heteroatoms. The lowest BCUT2D eigenvalue weighted by Crippen LogP contribution is -2.43. The molecule has 0 spiro atoms. The van der Waals surface area contributed by atoms with Crippen molar-refractivity contribution in [1.82, 2.24) is 15.1 Å². The third-order valence-electron chi connectivity index (χ3n) is 5.88. The summed E-state index contributed by atoms with van der Waals surface area (Å²) in [5, 5.41) is 9.89. The molecule has 0 radical (unpaired) electrons. The molecule has 1 aromatic heterocycles. The Hall–Kier alpha value is -3.69. The molecule has 0 saturated heterocycles. The Labute approximate surface area is 213 Å². The normalized spacial score (nSPS) is 12.8. The maximum absolute atomic E-state index is 13.9. The smallest absolute Gasteiger partial charge is 0.247 e. The minimum absolute atomic E-state index is 0.133. The molecule has 6 nitrogen and oxygen atoms in total. The Bertz CT molecular complexity index is 1290. The van der Waals surface area contributed by atoms with Gasteiger partial charge in [0.1, 0.15) is 35.1 Å². The molecule has 37 heavy (non-hydrogen) atoms. The van der Waals surface area contributed by atoms with Crippen LogP contribution in [0.4, 0.5) is 23.4 Å². The monoisotopic (exact) mass is 518 g/mol. The average molecular weight is 519 g/mol. The van der Waals surface area contributed by atoms with E-state index in [4.69, 9.17) is 0 Å². The molecule has 2 aromatic carbocycles. The van der Waals surface area contributed by atoms with Crippen LogP contribution in [-0.4, -0.2) is 27.6 Å². The van der Waals surface area contributed by atoms with Gasteiger partial charge < -0.3 is 10.6 Å². The summed E-state index contributed by atoms with van der Waals surface area (Å²) in [6.45, 7) is 10.6. The van der Waals surface area contributed by atoms with Crippen LogP contribution >= 0.6 is 0 Å². The van der Waals surface area contributed by atoms with E-state index in [9.17, 15) is 27.2 Å². The molecule has 198 valence electrons. The summed E-state index contributed by atoms with van der Waals surface area (Å²) in [4.78, 5) is 25.3. The first-order valence-corrected chi connectivity index (χ1v) is 11.7. The predicted molar refractivity (Wildman–Crippen MR) is 132 cm³/mol. The molecule has 0 aliphatic heterocycles. The van der Waals surface area contributed by atoms with Gasteiger partial charge in [-0.15, -0.1) is 0 Å². The van der Waals surface area contributed by atoms with Crippen molar-refractivity contribution < 1.29 is 27.2 Å². The first kappa shape index (κ1) is 27.9. The molecular weight excluding hydrogens is 488 g/mol. The fraction of sp³-hybridized carbons (Fsp3) is 0.370. The molecule has 2 N–H and O–H groups in total. The van der Waals surface area contributed by atoms with Crippen LogP contribution in [-0.2, 0) is 27.0 Å². The van der Waals surface area contributed by atoms with Crippen molar-refractivity contribution in [2.24, 2.45) is 0 Å². The van der Waals surface area contributed by atoms with Crippen molar-refractivity contribution in [3.05, 3.63) is 82.6 Å².